The molecule has 0 saturated heterocycles. The summed E-state index contributed by atoms with van der Waals surface area (Å²) in [5.41, 5.74) is -0.471. The molecule has 1 amide bonds. The van der Waals surface area contributed by atoms with Crippen molar-refractivity contribution in [3.8, 4) is 0 Å². The predicted molar refractivity (Wildman–Crippen MR) is 157 cm³/mol. The van der Waals surface area contributed by atoms with Gasteiger partial charge in [0.15, 0.2) is 0 Å². The largest absolute Gasteiger partial charge is 0.416 e. The molecule has 8 nitrogen and oxygen atoms in total. The minimum absolute atomic E-state index is 0.000940. The molecule has 3 aliphatic carbocycles. The maximum atomic E-state index is 14.4. The van der Waals surface area contributed by atoms with Gasteiger partial charge in [0.05, 0.1) is 17.5 Å². The van der Waals surface area contributed by atoms with E-state index in [1.807, 2.05) is 18.5 Å². The number of aryl methyl sites for hydroxylation is 1. The minimum atomic E-state index is -4.66. The topological polar surface area (TPSA) is 88.0 Å². The number of nitrogens with one attached hydrogen (secondary N) is 2. The number of hydrogen-bond donors (Lipinski definition) is 2. The molecule has 2 aromatic heterocycles. The zero-order chi connectivity index (χ0) is 31.9. The second kappa shape index (κ2) is 10.2. The third kappa shape index (κ3) is 5.26. The molecule has 0 bridgehead atoms. The molecule has 3 heterocycles. The van der Waals surface area contributed by atoms with Gasteiger partial charge in [-0.15, -0.1) is 10.2 Å². The molecule has 4 aliphatic rings. The van der Waals surface area contributed by atoms with Crippen molar-refractivity contribution in [2.24, 2.45) is 13.0 Å². The Morgan fingerprint density at radius 1 is 1.07 bits per heavy atom. The van der Waals surface area contributed by atoms with Gasteiger partial charge in [0.25, 0.3) is 11.8 Å². The quantitative estimate of drug-likeness (QED) is 0.283. The lowest BCUT2D eigenvalue weighted by molar-refractivity contribution is -0.138. The Bertz CT molecular complexity index is 1650. The Kier molecular flexibility index (Phi) is 6.81. The minimum Gasteiger partial charge on any atom is -0.367 e. The molecule has 0 unspecified atom stereocenters. The summed E-state index contributed by atoms with van der Waals surface area (Å²) in [5.74, 6) is -1.80. The van der Waals surface area contributed by atoms with E-state index in [1.165, 1.54) is 4.90 Å². The van der Waals surface area contributed by atoms with Crippen molar-refractivity contribution >= 4 is 17.5 Å². The molecule has 45 heavy (non-hydrogen) atoms. The maximum Gasteiger partial charge on any atom is 0.416 e. The number of rotatable bonds is 8. The number of anilines is 2. The maximum absolute atomic E-state index is 14.4. The molecule has 2 N–H and O–H groups in total. The second-order valence-electron chi connectivity index (χ2n) is 13.9. The van der Waals surface area contributed by atoms with E-state index in [4.69, 9.17) is 0 Å². The van der Waals surface area contributed by atoms with Crippen LogP contribution < -0.4 is 15.5 Å². The van der Waals surface area contributed by atoms with Gasteiger partial charge in [0.1, 0.15) is 23.8 Å². The highest BCUT2D eigenvalue weighted by atomic mass is 19.4. The molecular weight excluding hydrogens is 593 g/mol. The van der Waals surface area contributed by atoms with E-state index in [9.17, 15) is 26.7 Å². The Morgan fingerprint density at radius 2 is 1.80 bits per heavy atom. The van der Waals surface area contributed by atoms with E-state index >= 15 is 0 Å². The van der Waals surface area contributed by atoms with Gasteiger partial charge < -0.3 is 15.2 Å². The van der Waals surface area contributed by atoms with Gasteiger partial charge in [-0.2, -0.15) is 13.2 Å². The molecule has 7 rings (SSSR count). The summed E-state index contributed by atoms with van der Waals surface area (Å²) in [7, 11) is 1.84. The van der Waals surface area contributed by atoms with E-state index in [-0.39, 0.29) is 48.4 Å². The smallest absolute Gasteiger partial charge is 0.367 e. The average Bonchev–Trinajstić information content (AvgIpc) is 3.49. The summed E-state index contributed by atoms with van der Waals surface area (Å²) < 4.78 is 72.4. The molecule has 240 valence electrons. The first-order valence-corrected chi connectivity index (χ1v) is 15.5. The number of nitrogens with zero attached hydrogens (tertiary/aromatic N) is 5. The number of fused-ring (bicyclic) bond motifs is 1. The lowest BCUT2D eigenvalue weighted by Crippen LogP contribution is -2.47. The third-order valence-electron chi connectivity index (χ3n) is 10.2. The van der Waals surface area contributed by atoms with Crippen LogP contribution in [0.15, 0.2) is 30.6 Å². The number of benzene rings is 1. The number of carbonyl (C=O) groups excluding carboxylic acids is 1. The lowest BCUT2D eigenvalue weighted by atomic mass is 9.58. The molecule has 1 aromatic carbocycles. The Balaban J connectivity index is 1.27. The second-order valence-corrected chi connectivity index (χ2v) is 13.9. The molecule has 1 aliphatic heterocycles. The van der Waals surface area contributed by atoms with Crippen LogP contribution >= 0.6 is 0 Å². The average molecular weight is 630 g/mol. The third-order valence-corrected chi connectivity index (χ3v) is 10.2. The fourth-order valence-corrected chi connectivity index (χ4v) is 7.58. The van der Waals surface area contributed by atoms with E-state index in [0.717, 1.165) is 43.7 Å². The van der Waals surface area contributed by atoms with Crippen molar-refractivity contribution in [1.82, 2.24) is 25.1 Å². The van der Waals surface area contributed by atoms with Gasteiger partial charge in [0, 0.05) is 43.6 Å². The van der Waals surface area contributed by atoms with Gasteiger partial charge in [-0.05, 0) is 85.9 Å². The Hall–Kier alpha value is -3.61. The molecule has 3 saturated carbocycles. The first-order chi connectivity index (χ1) is 21.1. The van der Waals surface area contributed by atoms with Crippen LogP contribution in [0.4, 0.5) is 33.6 Å². The monoisotopic (exact) mass is 629 g/mol. The number of amides is 1. The Labute approximate surface area is 257 Å². The van der Waals surface area contributed by atoms with E-state index < -0.39 is 35.0 Å². The highest BCUT2D eigenvalue weighted by Crippen LogP contribution is 2.53. The molecular formula is C32H36F5N7O. The van der Waals surface area contributed by atoms with Crippen LogP contribution in [-0.2, 0) is 31.7 Å². The van der Waals surface area contributed by atoms with Gasteiger partial charge >= 0.3 is 6.18 Å². The number of carbonyl (C=O) groups is 1. The van der Waals surface area contributed by atoms with Crippen molar-refractivity contribution in [3.05, 3.63) is 64.2 Å². The highest BCUT2D eigenvalue weighted by molar-refractivity contribution is 6.10. The van der Waals surface area contributed by atoms with Crippen molar-refractivity contribution in [2.75, 3.05) is 10.2 Å². The van der Waals surface area contributed by atoms with Crippen molar-refractivity contribution < 1.29 is 26.7 Å². The summed E-state index contributed by atoms with van der Waals surface area (Å²) in [6.07, 6.45) is 0.664. The fraction of sp³-hybridized carbons (Fsp3) is 0.562. The first-order valence-electron chi connectivity index (χ1n) is 15.5. The fourth-order valence-electron chi connectivity index (χ4n) is 7.58. The molecule has 0 spiro atoms. The van der Waals surface area contributed by atoms with Crippen LogP contribution in [0.25, 0.3) is 0 Å². The molecule has 3 fully saturated rings. The van der Waals surface area contributed by atoms with Gasteiger partial charge in [0.2, 0.25) is 0 Å². The lowest BCUT2D eigenvalue weighted by Gasteiger charge is -2.46. The number of pyridine rings is 1. The van der Waals surface area contributed by atoms with E-state index in [2.05, 4.69) is 32.7 Å². The number of alkyl halides is 5. The summed E-state index contributed by atoms with van der Waals surface area (Å²) >= 11 is 0. The van der Waals surface area contributed by atoms with Crippen molar-refractivity contribution in [2.45, 2.75) is 101 Å². The molecule has 13 heteroatoms. The highest BCUT2D eigenvalue weighted by Gasteiger charge is 2.50. The summed E-state index contributed by atoms with van der Waals surface area (Å²) in [4.78, 5) is 19.8. The van der Waals surface area contributed by atoms with Crippen LogP contribution in [0.3, 0.4) is 0 Å². The van der Waals surface area contributed by atoms with E-state index in [1.54, 1.807) is 24.5 Å². The number of halogens is 5. The first kappa shape index (κ1) is 30.1. The van der Waals surface area contributed by atoms with Crippen LogP contribution in [0.1, 0.15) is 97.2 Å². The van der Waals surface area contributed by atoms with E-state index in [0.29, 0.717) is 23.1 Å². The van der Waals surface area contributed by atoms with Gasteiger partial charge in [-0.3, -0.25) is 9.69 Å². The molecule has 0 radical (unpaired) electrons. The normalized spacial score (nSPS) is 25.4. The van der Waals surface area contributed by atoms with Crippen LogP contribution in [0.5, 0.6) is 0 Å². The molecule has 3 aromatic rings. The van der Waals surface area contributed by atoms with Crippen molar-refractivity contribution in [3.63, 3.8) is 0 Å². The summed E-state index contributed by atoms with van der Waals surface area (Å²) in [6, 6.07) is 5.70. The van der Waals surface area contributed by atoms with Crippen LogP contribution in [0.2, 0.25) is 0 Å². The SMILES string of the molecule is Cn1cnnc1[C@]1(c2cc(NC3CC(F)(F)C3)nc(N3Cc4c(cc(CNC5(C)CCC5)cc4C(F)(F)F)C3=O)c2)C[C@H](C)C1. The zero-order valence-electron chi connectivity index (χ0n) is 25.4. The molecule has 0 atom stereocenters. The summed E-state index contributed by atoms with van der Waals surface area (Å²) in [5, 5.41) is 14.9. The number of hydrogen-bond acceptors (Lipinski definition) is 6. The Morgan fingerprint density at radius 3 is 2.38 bits per heavy atom. The van der Waals surface area contributed by atoms with Gasteiger partial charge in [-0.25, -0.2) is 13.8 Å². The van der Waals surface area contributed by atoms with Crippen LogP contribution in [0, 0.1) is 5.92 Å². The predicted octanol–water partition coefficient (Wildman–Crippen LogP) is 6.35. The van der Waals surface area contributed by atoms with Crippen molar-refractivity contribution in [1.29, 1.82) is 0 Å². The summed E-state index contributed by atoms with van der Waals surface area (Å²) in [6.45, 7) is 4.07. The van der Waals surface area contributed by atoms with Gasteiger partial charge in [-0.1, -0.05) is 6.92 Å². The van der Waals surface area contributed by atoms with Crippen LogP contribution in [-0.4, -0.2) is 43.2 Å². The number of aromatic nitrogens is 4. The standard InChI is InChI=1S/C32H36F5N7O/c1-18-11-30(12-18,28-42-39-17-43(28)3)20-9-25(40-21-13-31(33,34)14-21)41-26(10-20)44-16-23-22(27(44)45)7-19(8-24(23)32(35,36)37)15-38-29(2)5-4-6-29/h7-10,17-18,21,38H,4-6,11-16H2,1-3H3,(H,40,41)/t18-,30+. The zero-order valence-corrected chi connectivity index (χ0v) is 25.4.